The van der Waals surface area contributed by atoms with E-state index in [1.807, 2.05) is 42.5 Å². The van der Waals surface area contributed by atoms with Gasteiger partial charge in [0.2, 0.25) is 0 Å². The predicted molar refractivity (Wildman–Crippen MR) is 85.3 cm³/mol. The third-order valence-electron chi connectivity index (χ3n) is 3.11. The van der Waals surface area contributed by atoms with Gasteiger partial charge in [0.1, 0.15) is 11.5 Å². The van der Waals surface area contributed by atoms with Crippen molar-refractivity contribution in [2.24, 2.45) is 0 Å². The van der Waals surface area contributed by atoms with E-state index in [-0.39, 0.29) is 0 Å². The minimum absolute atomic E-state index is 0.441. The van der Waals surface area contributed by atoms with Crippen molar-refractivity contribution in [3.8, 4) is 16.9 Å². The predicted octanol–water partition coefficient (Wildman–Crippen LogP) is 4.57. The molecular formula is C19H14O3. The molecule has 1 aromatic heterocycles. The summed E-state index contributed by atoms with van der Waals surface area (Å²) in [5, 5.41) is 0. The third-order valence-corrected chi connectivity index (χ3v) is 3.11. The summed E-state index contributed by atoms with van der Waals surface area (Å²) < 4.78 is 10.3. The molecule has 0 aliphatic carbocycles. The van der Waals surface area contributed by atoms with Gasteiger partial charge in [0, 0.05) is 6.08 Å². The lowest BCUT2D eigenvalue weighted by Gasteiger charge is -2.04. The van der Waals surface area contributed by atoms with Gasteiger partial charge in [0.05, 0.1) is 6.26 Å². The maximum Gasteiger partial charge on any atom is 0.336 e. The molecule has 3 rings (SSSR count). The van der Waals surface area contributed by atoms with Crippen molar-refractivity contribution in [2.45, 2.75) is 0 Å². The Morgan fingerprint density at radius 2 is 1.59 bits per heavy atom. The fourth-order valence-electron chi connectivity index (χ4n) is 2.03. The summed E-state index contributed by atoms with van der Waals surface area (Å²) in [5.41, 5.74) is 2.20. The molecule has 3 heteroatoms. The molecule has 0 bridgehead atoms. The van der Waals surface area contributed by atoms with Gasteiger partial charge in [-0.2, -0.15) is 0 Å². The minimum Gasteiger partial charge on any atom is -0.465 e. The Morgan fingerprint density at radius 1 is 0.864 bits per heavy atom. The second-order valence-electron chi connectivity index (χ2n) is 4.66. The number of carbonyl (C=O) groups is 1. The number of esters is 1. The molecular weight excluding hydrogens is 276 g/mol. The van der Waals surface area contributed by atoms with Crippen molar-refractivity contribution < 1.29 is 13.9 Å². The zero-order valence-electron chi connectivity index (χ0n) is 11.8. The van der Waals surface area contributed by atoms with Crippen molar-refractivity contribution in [3.05, 3.63) is 84.8 Å². The largest absolute Gasteiger partial charge is 0.465 e. The van der Waals surface area contributed by atoms with Gasteiger partial charge in [-0.3, -0.25) is 0 Å². The average Bonchev–Trinajstić information content (AvgIpc) is 3.08. The molecule has 0 atom stereocenters. The minimum atomic E-state index is -0.441. The SMILES string of the molecule is O=C(C=Cc1ccco1)Oc1ccc(-c2ccccc2)cc1. The smallest absolute Gasteiger partial charge is 0.336 e. The lowest BCUT2D eigenvalue weighted by Crippen LogP contribution is -2.03. The second kappa shape index (κ2) is 6.59. The molecule has 0 saturated heterocycles. The van der Waals surface area contributed by atoms with Gasteiger partial charge in [-0.25, -0.2) is 4.79 Å². The Bertz CT molecular complexity index is 754. The Hall–Kier alpha value is -3.07. The van der Waals surface area contributed by atoms with Crippen LogP contribution in [0.2, 0.25) is 0 Å². The van der Waals surface area contributed by atoms with E-state index in [0.29, 0.717) is 11.5 Å². The normalized spacial score (nSPS) is 10.7. The molecule has 0 aliphatic heterocycles. The molecule has 0 amide bonds. The number of benzene rings is 2. The van der Waals surface area contributed by atoms with E-state index < -0.39 is 5.97 Å². The van der Waals surface area contributed by atoms with Gasteiger partial charge in [0.25, 0.3) is 0 Å². The van der Waals surface area contributed by atoms with Gasteiger partial charge < -0.3 is 9.15 Å². The maximum absolute atomic E-state index is 11.7. The van der Waals surface area contributed by atoms with E-state index in [2.05, 4.69) is 0 Å². The first-order valence-electron chi connectivity index (χ1n) is 6.90. The summed E-state index contributed by atoms with van der Waals surface area (Å²) in [7, 11) is 0. The van der Waals surface area contributed by atoms with E-state index in [1.54, 1.807) is 36.6 Å². The van der Waals surface area contributed by atoms with E-state index in [9.17, 15) is 4.79 Å². The van der Waals surface area contributed by atoms with Crippen molar-refractivity contribution in [1.82, 2.24) is 0 Å². The molecule has 0 radical (unpaired) electrons. The fraction of sp³-hybridized carbons (Fsp3) is 0. The lowest BCUT2D eigenvalue weighted by molar-refractivity contribution is -0.128. The van der Waals surface area contributed by atoms with Crippen LogP contribution in [0.5, 0.6) is 5.75 Å². The number of carbonyl (C=O) groups excluding carboxylic acids is 1. The summed E-state index contributed by atoms with van der Waals surface area (Å²) in [5.74, 6) is 0.675. The quantitative estimate of drug-likeness (QED) is 0.401. The number of furan rings is 1. The average molecular weight is 290 g/mol. The molecule has 0 aliphatic rings. The number of ether oxygens (including phenoxy) is 1. The van der Waals surface area contributed by atoms with Gasteiger partial charge in [0.15, 0.2) is 0 Å². The standard InChI is InChI=1S/C19H14O3/c20-19(13-12-17-7-4-14-21-17)22-18-10-8-16(9-11-18)15-5-2-1-3-6-15/h1-14H. The third kappa shape index (κ3) is 3.52. The Kier molecular flexibility index (Phi) is 4.16. The highest BCUT2D eigenvalue weighted by Gasteiger charge is 2.02. The summed E-state index contributed by atoms with van der Waals surface area (Å²) in [6.45, 7) is 0. The van der Waals surface area contributed by atoms with Crippen LogP contribution in [0.3, 0.4) is 0 Å². The van der Waals surface area contributed by atoms with Crippen molar-refractivity contribution in [1.29, 1.82) is 0 Å². The molecule has 0 unspecified atom stereocenters. The molecule has 2 aromatic carbocycles. The van der Waals surface area contributed by atoms with Gasteiger partial charge >= 0.3 is 5.97 Å². The number of hydrogen-bond acceptors (Lipinski definition) is 3. The highest BCUT2D eigenvalue weighted by molar-refractivity contribution is 5.88. The van der Waals surface area contributed by atoms with Crippen LogP contribution >= 0.6 is 0 Å². The van der Waals surface area contributed by atoms with Crippen LogP contribution in [-0.2, 0) is 4.79 Å². The molecule has 108 valence electrons. The van der Waals surface area contributed by atoms with Crippen molar-refractivity contribution in [3.63, 3.8) is 0 Å². The first kappa shape index (κ1) is 13.9. The summed E-state index contributed by atoms with van der Waals surface area (Å²) in [6.07, 6.45) is 4.46. The van der Waals surface area contributed by atoms with Crippen molar-refractivity contribution in [2.75, 3.05) is 0 Å². The lowest BCUT2D eigenvalue weighted by atomic mass is 10.1. The molecule has 3 nitrogen and oxygen atoms in total. The zero-order valence-corrected chi connectivity index (χ0v) is 11.8. The number of rotatable bonds is 4. The topological polar surface area (TPSA) is 39.4 Å². The molecule has 3 aromatic rings. The monoisotopic (exact) mass is 290 g/mol. The van der Waals surface area contributed by atoms with Crippen molar-refractivity contribution >= 4 is 12.0 Å². The summed E-state index contributed by atoms with van der Waals surface area (Å²) in [6, 6.07) is 21.0. The van der Waals surface area contributed by atoms with Gasteiger partial charge in [-0.05, 0) is 41.5 Å². The Labute approximate surface area is 128 Å². The van der Waals surface area contributed by atoms with Crippen LogP contribution < -0.4 is 4.74 Å². The first-order valence-corrected chi connectivity index (χ1v) is 6.90. The molecule has 0 fully saturated rings. The zero-order chi connectivity index (χ0) is 15.2. The van der Waals surface area contributed by atoms with Crippen LogP contribution in [-0.4, -0.2) is 5.97 Å². The van der Waals surface area contributed by atoms with Gasteiger partial charge in [-0.15, -0.1) is 0 Å². The highest BCUT2D eigenvalue weighted by Crippen LogP contribution is 2.22. The van der Waals surface area contributed by atoms with E-state index >= 15 is 0 Å². The molecule has 0 spiro atoms. The summed E-state index contributed by atoms with van der Waals surface area (Å²) in [4.78, 5) is 11.7. The van der Waals surface area contributed by atoms with E-state index in [0.717, 1.165) is 11.1 Å². The van der Waals surface area contributed by atoms with E-state index in [4.69, 9.17) is 9.15 Å². The maximum atomic E-state index is 11.7. The van der Waals surface area contributed by atoms with Crippen LogP contribution in [0, 0.1) is 0 Å². The molecule has 0 N–H and O–H groups in total. The molecule has 1 heterocycles. The van der Waals surface area contributed by atoms with Crippen LogP contribution in [0.15, 0.2) is 83.5 Å². The first-order chi connectivity index (χ1) is 10.8. The highest BCUT2D eigenvalue weighted by atomic mass is 16.5. The van der Waals surface area contributed by atoms with Crippen LogP contribution in [0.4, 0.5) is 0 Å². The van der Waals surface area contributed by atoms with Gasteiger partial charge in [-0.1, -0.05) is 42.5 Å². The molecule has 0 saturated carbocycles. The van der Waals surface area contributed by atoms with Crippen LogP contribution in [0.1, 0.15) is 5.76 Å². The summed E-state index contributed by atoms with van der Waals surface area (Å²) >= 11 is 0. The fourth-order valence-corrected chi connectivity index (χ4v) is 2.03. The Balaban J connectivity index is 1.65. The Morgan fingerprint density at radius 3 is 2.27 bits per heavy atom. The molecule has 22 heavy (non-hydrogen) atoms. The number of hydrogen-bond donors (Lipinski definition) is 0. The van der Waals surface area contributed by atoms with E-state index in [1.165, 1.54) is 6.08 Å². The van der Waals surface area contributed by atoms with Crippen LogP contribution in [0.25, 0.3) is 17.2 Å². The second-order valence-corrected chi connectivity index (χ2v) is 4.66.